The van der Waals surface area contributed by atoms with Gasteiger partial charge in [-0.05, 0) is 25.7 Å². The quantitative estimate of drug-likeness (QED) is 0.206. The second-order valence-corrected chi connectivity index (χ2v) is 8.04. The van der Waals surface area contributed by atoms with Gasteiger partial charge in [0.25, 0.3) is 0 Å². The van der Waals surface area contributed by atoms with Crippen LogP contribution in [0.1, 0.15) is 96.8 Å². The van der Waals surface area contributed by atoms with Crippen LogP contribution in [0.3, 0.4) is 0 Å². The minimum atomic E-state index is -0.0268. The van der Waals surface area contributed by atoms with Gasteiger partial charge in [-0.25, -0.2) is 0 Å². The highest BCUT2D eigenvalue weighted by atomic mass is 16.7. The van der Waals surface area contributed by atoms with E-state index in [9.17, 15) is 0 Å². The van der Waals surface area contributed by atoms with Gasteiger partial charge in [-0.1, -0.05) is 71.1 Å². The van der Waals surface area contributed by atoms with Gasteiger partial charge < -0.3 is 23.7 Å². The molecule has 0 radical (unpaired) electrons. The molecule has 1 rings (SSSR count). The molecule has 29 heavy (non-hydrogen) atoms. The van der Waals surface area contributed by atoms with Gasteiger partial charge in [0.05, 0.1) is 39.6 Å². The maximum atomic E-state index is 5.63. The highest BCUT2D eigenvalue weighted by molar-refractivity contribution is 4.53. The van der Waals surface area contributed by atoms with Crippen molar-refractivity contribution in [2.24, 2.45) is 0 Å². The number of hydrogen-bond donors (Lipinski definition) is 0. The molecule has 0 spiro atoms. The van der Waals surface area contributed by atoms with E-state index in [0.717, 1.165) is 26.1 Å². The molecule has 0 bridgehead atoms. The Bertz CT molecular complexity index is 308. The Hall–Kier alpha value is -0.200. The summed E-state index contributed by atoms with van der Waals surface area (Å²) in [5.74, 6) is 0. The number of hydrogen-bond acceptors (Lipinski definition) is 5. The molecule has 0 aromatic rings. The van der Waals surface area contributed by atoms with Crippen LogP contribution in [0.15, 0.2) is 0 Å². The molecule has 1 atom stereocenters. The highest BCUT2D eigenvalue weighted by Gasteiger charge is 2.13. The third-order valence-electron chi connectivity index (χ3n) is 5.31. The first kappa shape index (κ1) is 26.8. The lowest BCUT2D eigenvalue weighted by atomic mass is 10.1. The summed E-state index contributed by atoms with van der Waals surface area (Å²) in [6.07, 6.45) is 18.4. The van der Waals surface area contributed by atoms with Crippen LogP contribution in [-0.4, -0.2) is 59.1 Å². The summed E-state index contributed by atoms with van der Waals surface area (Å²) in [4.78, 5) is 0. The second kappa shape index (κ2) is 22.5. The lowest BCUT2D eigenvalue weighted by Gasteiger charge is -2.22. The molecule has 1 unspecified atom stereocenters. The van der Waals surface area contributed by atoms with Crippen molar-refractivity contribution in [3.05, 3.63) is 0 Å². The predicted octanol–water partition coefficient (Wildman–Crippen LogP) is 5.89. The first-order valence-electron chi connectivity index (χ1n) is 12.4. The van der Waals surface area contributed by atoms with Crippen molar-refractivity contribution in [1.82, 2.24) is 0 Å². The molecule has 0 aromatic carbocycles. The maximum Gasteiger partial charge on any atom is 0.157 e. The summed E-state index contributed by atoms with van der Waals surface area (Å²) in [6.45, 7) is 7.69. The molecular formula is C24H48O5. The van der Waals surface area contributed by atoms with Crippen LogP contribution in [0.5, 0.6) is 0 Å². The fraction of sp³-hybridized carbons (Fsp3) is 1.00. The molecule has 5 nitrogen and oxygen atoms in total. The Kier molecular flexibility index (Phi) is 20.8. The predicted molar refractivity (Wildman–Crippen MR) is 118 cm³/mol. The van der Waals surface area contributed by atoms with E-state index in [1.807, 2.05) is 0 Å². The van der Waals surface area contributed by atoms with Crippen molar-refractivity contribution < 1.29 is 23.7 Å². The van der Waals surface area contributed by atoms with E-state index in [4.69, 9.17) is 23.7 Å². The largest absolute Gasteiger partial charge is 0.379 e. The fourth-order valence-electron chi connectivity index (χ4n) is 3.49. The first-order valence-corrected chi connectivity index (χ1v) is 12.4. The topological polar surface area (TPSA) is 46.2 Å². The zero-order valence-electron chi connectivity index (χ0n) is 19.2. The number of ether oxygens (including phenoxy) is 5. The standard InChI is InChI=1S/C24H48O5/c1-2-3-4-5-6-7-8-9-10-11-13-16-25-18-19-26-20-21-27-22-23-29-24-15-12-14-17-28-24/h24H,2-23H2,1H3. The number of rotatable bonds is 22. The summed E-state index contributed by atoms with van der Waals surface area (Å²) >= 11 is 0. The third-order valence-corrected chi connectivity index (χ3v) is 5.31. The van der Waals surface area contributed by atoms with Crippen LogP contribution >= 0.6 is 0 Å². The van der Waals surface area contributed by atoms with Crippen molar-refractivity contribution in [3.63, 3.8) is 0 Å². The lowest BCUT2D eigenvalue weighted by Crippen LogP contribution is -2.24. The smallest absolute Gasteiger partial charge is 0.157 e. The Labute approximate surface area is 180 Å². The molecule has 1 aliphatic heterocycles. The maximum absolute atomic E-state index is 5.63. The Balaban J connectivity index is 1.63. The van der Waals surface area contributed by atoms with E-state index in [0.29, 0.717) is 39.6 Å². The van der Waals surface area contributed by atoms with Gasteiger partial charge >= 0.3 is 0 Å². The van der Waals surface area contributed by atoms with Crippen LogP contribution in [0.25, 0.3) is 0 Å². The fourth-order valence-corrected chi connectivity index (χ4v) is 3.49. The van der Waals surface area contributed by atoms with E-state index >= 15 is 0 Å². The van der Waals surface area contributed by atoms with Crippen molar-refractivity contribution in [2.45, 2.75) is 103 Å². The van der Waals surface area contributed by atoms with E-state index < -0.39 is 0 Å². The average Bonchev–Trinajstić information content (AvgIpc) is 2.75. The average molecular weight is 417 g/mol. The van der Waals surface area contributed by atoms with E-state index in [-0.39, 0.29) is 6.29 Å². The molecule has 1 fully saturated rings. The Morgan fingerprint density at radius 1 is 0.586 bits per heavy atom. The Morgan fingerprint density at radius 3 is 1.66 bits per heavy atom. The molecule has 0 N–H and O–H groups in total. The molecule has 5 heteroatoms. The first-order chi connectivity index (χ1) is 14.4. The van der Waals surface area contributed by atoms with E-state index in [1.165, 1.54) is 77.0 Å². The molecule has 1 heterocycles. The van der Waals surface area contributed by atoms with Crippen LogP contribution in [0, 0.1) is 0 Å². The number of unbranched alkanes of at least 4 members (excludes halogenated alkanes) is 10. The minimum Gasteiger partial charge on any atom is -0.379 e. The van der Waals surface area contributed by atoms with Gasteiger partial charge in [0.15, 0.2) is 6.29 Å². The zero-order valence-corrected chi connectivity index (χ0v) is 19.2. The van der Waals surface area contributed by atoms with Gasteiger partial charge in [0.2, 0.25) is 0 Å². The monoisotopic (exact) mass is 416 g/mol. The molecule has 1 saturated heterocycles. The van der Waals surface area contributed by atoms with Gasteiger partial charge in [-0.15, -0.1) is 0 Å². The van der Waals surface area contributed by atoms with E-state index in [1.54, 1.807) is 0 Å². The van der Waals surface area contributed by atoms with Crippen LogP contribution in [-0.2, 0) is 23.7 Å². The molecule has 0 aromatic heterocycles. The van der Waals surface area contributed by atoms with E-state index in [2.05, 4.69) is 6.92 Å². The summed E-state index contributed by atoms with van der Waals surface area (Å²) in [5.41, 5.74) is 0. The second-order valence-electron chi connectivity index (χ2n) is 8.04. The van der Waals surface area contributed by atoms with Crippen LogP contribution in [0.4, 0.5) is 0 Å². The molecule has 0 aliphatic carbocycles. The van der Waals surface area contributed by atoms with Gasteiger partial charge in [0.1, 0.15) is 0 Å². The Morgan fingerprint density at radius 2 is 1.10 bits per heavy atom. The minimum absolute atomic E-state index is 0.0268. The normalized spacial score (nSPS) is 17.1. The van der Waals surface area contributed by atoms with Crippen LogP contribution < -0.4 is 0 Å². The third kappa shape index (κ3) is 19.5. The summed E-state index contributed by atoms with van der Waals surface area (Å²) in [7, 11) is 0. The van der Waals surface area contributed by atoms with Crippen molar-refractivity contribution in [1.29, 1.82) is 0 Å². The summed E-state index contributed by atoms with van der Waals surface area (Å²) in [5, 5.41) is 0. The highest BCUT2D eigenvalue weighted by Crippen LogP contribution is 2.13. The van der Waals surface area contributed by atoms with Crippen molar-refractivity contribution >= 4 is 0 Å². The van der Waals surface area contributed by atoms with Gasteiger partial charge in [-0.2, -0.15) is 0 Å². The molecule has 0 saturated carbocycles. The molecule has 0 amide bonds. The summed E-state index contributed by atoms with van der Waals surface area (Å²) in [6, 6.07) is 0. The van der Waals surface area contributed by atoms with Crippen LogP contribution in [0.2, 0.25) is 0 Å². The van der Waals surface area contributed by atoms with Crippen molar-refractivity contribution in [3.8, 4) is 0 Å². The molecular weight excluding hydrogens is 368 g/mol. The zero-order chi connectivity index (χ0) is 20.7. The summed E-state index contributed by atoms with van der Waals surface area (Å²) < 4.78 is 27.8. The van der Waals surface area contributed by atoms with Gasteiger partial charge in [0, 0.05) is 13.2 Å². The molecule has 174 valence electrons. The van der Waals surface area contributed by atoms with Gasteiger partial charge in [-0.3, -0.25) is 0 Å². The lowest BCUT2D eigenvalue weighted by molar-refractivity contribution is -0.169. The molecule has 1 aliphatic rings. The van der Waals surface area contributed by atoms with Crippen molar-refractivity contribution in [2.75, 3.05) is 52.9 Å². The SMILES string of the molecule is CCCCCCCCCCCCCOCCOCCOCCOC1CCCCO1.